The van der Waals surface area contributed by atoms with E-state index in [9.17, 15) is 54.3 Å². The molecule has 0 aliphatic rings. The highest BCUT2D eigenvalue weighted by Crippen LogP contribution is 2.27. The van der Waals surface area contributed by atoms with Crippen LogP contribution in [0.15, 0.2) is 69.9 Å². The summed E-state index contributed by atoms with van der Waals surface area (Å²) < 4.78 is 11.7. The molecule has 0 aliphatic heterocycles. The Morgan fingerprint density at radius 2 is 0.757 bits per heavy atom. The van der Waals surface area contributed by atoms with Gasteiger partial charge in [0.25, 0.3) is 0 Å². The number of unbranched alkanes of at least 4 members (excludes halogenated alkanes) is 3. The molecule has 0 radical (unpaired) electrons. The fourth-order valence-corrected chi connectivity index (χ4v) is 8.89. The van der Waals surface area contributed by atoms with Crippen molar-refractivity contribution in [3.63, 3.8) is 0 Å². The summed E-state index contributed by atoms with van der Waals surface area (Å²) >= 11 is 0. The predicted octanol–water partition coefficient (Wildman–Crippen LogP) is 8.77. The summed E-state index contributed by atoms with van der Waals surface area (Å²) in [6, 6.07) is 0. The SMILES string of the molecule is CC(=CC(=O)O)C=C(C)CC(C)CCCCC(OC(=O)C(CO)C(CCCCC(C)CC(C)=CC(C)=CC(=O)O)OC(=O)C=C(C)C=C(C)CC(C)CCCCC(O)C(CO)C(=O)O)C(CO)C(=O)O. The summed E-state index contributed by atoms with van der Waals surface area (Å²) in [7, 11) is 0. The Morgan fingerprint density at radius 3 is 1.10 bits per heavy atom. The maximum atomic E-state index is 13.9. The molecule has 0 amide bonds. The molecular weight excluding hydrogens is 905 g/mol. The molecular formula is C54H86O16. The summed E-state index contributed by atoms with van der Waals surface area (Å²) in [5.74, 6) is -9.74. The lowest BCUT2D eigenvalue weighted by Gasteiger charge is -2.28. The van der Waals surface area contributed by atoms with Crippen LogP contribution in [-0.2, 0) is 38.2 Å². The van der Waals surface area contributed by atoms with E-state index >= 15 is 0 Å². The number of esters is 2. The number of carbonyl (C=O) groups is 6. The largest absolute Gasteiger partial charge is 0.481 e. The summed E-state index contributed by atoms with van der Waals surface area (Å²) in [6.07, 6.45) is 14.1. The second-order valence-electron chi connectivity index (χ2n) is 19.7. The molecule has 16 nitrogen and oxygen atoms in total. The molecule has 0 aromatic carbocycles. The van der Waals surface area contributed by atoms with Crippen molar-refractivity contribution in [1.29, 1.82) is 0 Å². The monoisotopic (exact) mass is 991 g/mol. The summed E-state index contributed by atoms with van der Waals surface area (Å²) in [6.45, 7) is 14.9. The minimum absolute atomic E-state index is 0.110. The zero-order valence-corrected chi connectivity index (χ0v) is 43.2. The van der Waals surface area contributed by atoms with E-state index in [0.717, 1.165) is 54.6 Å². The molecule has 0 saturated carbocycles. The maximum absolute atomic E-state index is 13.9. The van der Waals surface area contributed by atoms with Crippen molar-refractivity contribution in [2.24, 2.45) is 35.5 Å². The van der Waals surface area contributed by atoms with E-state index in [1.165, 1.54) is 6.08 Å². The number of ether oxygens (including phenoxy) is 2. The molecule has 8 N–H and O–H groups in total. The first-order valence-electron chi connectivity index (χ1n) is 24.7. The Labute approximate surface area is 415 Å². The van der Waals surface area contributed by atoms with Gasteiger partial charge in [0.15, 0.2) is 0 Å². The lowest BCUT2D eigenvalue weighted by Crippen LogP contribution is -2.41. The van der Waals surface area contributed by atoms with Gasteiger partial charge in [-0.2, -0.15) is 0 Å². The molecule has 9 atom stereocenters. The van der Waals surface area contributed by atoms with Gasteiger partial charge in [-0.05, 0) is 127 Å². The highest BCUT2D eigenvalue weighted by Gasteiger charge is 2.37. The Kier molecular flexibility index (Phi) is 33.6. The first-order chi connectivity index (χ1) is 32.8. The topological polar surface area (TPSA) is 283 Å². The molecule has 0 aromatic heterocycles. The van der Waals surface area contributed by atoms with Gasteiger partial charge in [0, 0.05) is 18.2 Å². The maximum Gasteiger partial charge on any atom is 0.331 e. The first kappa shape index (κ1) is 65.1. The average Bonchev–Trinajstić information content (AvgIpc) is 3.21. The molecule has 0 aliphatic carbocycles. The summed E-state index contributed by atoms with van der Waals surface area (Å²) in [4.78, 5) is 72.9. The molecule has 9 unspecified atom stereocenters. The third kappa shape index (κ3) is 30.0. The molecule has 0 fully saturated rings. The normalized spacial score (nSPS) is 17.1. The van der Waals surface area contributed by atoms with Crippen LogP contribution in [0.1, 0.15) is 159 Å². The van der Waals surface area contributed by atoms with Crippen molar-refractivity contribution in [3.05, 3.63) is 69.9 Å². The lowest BCUT2D eigenvalue weighted by atomic mass is 9.92. The van der Waals surface area contributed by atoms with E-state index in [1.54, 1.807) is 20.8 Å². The highest BCUT2D eigenvalue weighted by atomic mass is 16.6. The third-order valence-electron chi connectivity index (χ3n) is 12.2. The quantitative estimate of drug-likeness (QED) is 0.0124. The Balaban J connectivity index is 6.17. The average molecular weight is 991 g/mol. The number of carboxylic acid groups (broad SMARTS) is 4. The van der Waals surface area contributed by atoms with Crippen LogP contribution in [-0.4, -0.2) is 115 Å². The van der Waals surface area contributed by atoms with Crippen molar-refractivity contribution >= 4 is 35.8 Å². The van der Waals surface area contributed by atoms with Gasteiger partial charge in [-0.3, -0.25) is 14.4 Å². The van der Waals surface area contributed by atoms with Gasteiger partial charge in [-0.15, -0.1) is 0 Å². The number of aliphatic hydroxyl groups excluding tert-OH is 4. The number of allylic oxidation sites excluding steroid dienone is 9. The van der Waals surface area contributed by atoms with E-state index < -0.39 is 91.7 Å². The minimum Gasteiger partial charge on any atom is -0.481 e. The van der Waals surface area contributed by atoms with E-state index in [0.29, 0.717) is 68.1 Å². The van der Waals surface area contributed by atoms with E-state index in [1.807, 2.05) is 45.9 Å². The van der Waals surface area contributed by atoms with Crippen molar-refractivity contribution in [2.75, 3.05) is 19.8 Å². The van der Waals surface area contributed by atoms with E-state index in [-0.39, 0.29) is 37.0 Å². The number of aliphatic carboxylic acids is 4. The van der Waals surface area contributed by atoms with Crippen LogP contribution in [0.5, 0.6) is 0 Å². The molecule has 16 heteroatoms. The molecule has 0 bridgehead atoms. The van der Waals surface area contributed by atoms with Crippen LogP contribution in [0.25, 0.3) is 0 Å². The van der Waals surface area contributed by atoms with Crippen molar-refractivity contribution in [3.8, 4) is 0 Å². The molecule has 70 heavy (non-hydrogen) atoms. The summed E-state index contributed by atoms with van der Waals surface area (Å²) in [5, 5.41) is 77.3. The number of aliphatic hydroxyl groups is 4. The fourth-order valence-electron chi connectivity index (χ4n) is 8.89. The van der Waals surface area contributed by atoms with Crippen molar-refractivity contribution in [2.45, 2.75) is 177 Å². The Bertz CT molecular complexity index is 1840. The van der Waals surface area contributed by atoms with E-state index in [2.05, 4.69) is 13.8 Å². The van der Waals surface area contributed by atoms with E-state index in [4.69, 9.17) is 24.8 Å². The molecule has 398 valence electrons. The van der Waals surface area contributed by atoms with Gasteiger partial charge in [0.05, 0.1) is 25.9 Å². The second-order valence-corrected chi connectivity index (χ2v) is 19.7. The number of hydrogen-bond donors (Lipinski definition) is 8. The Hall–Kier alpha value is -4.90. The minimum atomic E-state index is -1.45. The molecule has 0 rings (SSSR count). The molecule has 0 heterocycles. The molecule has 0 aromatic rings. The Morgan fingerprint density at radius 1 is 0.429 bits per heavy atom. The third-order valence-corrected chi connectivity index (χ3v) is 12.2. The van der Waals surface area contributed by atoms with Crippen LogP contribution < -0.4 is 0 Å². The zero-order valence-electron chi connectivity index (χ0n) is 43.2. The van der Waals surface area contributed by atoms with Crippen molar-refractivity contribution < 1.29 is 79.1 Å². The number of carboxylic acids is 4. The predicted molar refractivity (Wildman–Crippen MR) is 267 cm³/mol. The van der Waals surface area contributed by atoms with Gasteiger partial charge in [0.2, 0.25) is 0 Å². The van der Waals surface area contributed by atoms with Crippen LogP contribution >= 0.6 is 0 Å². The lowest BCUT2D eigenvalue weighted by molar-refractivity contribution is -0.172. The van der Waals surface area contributed by atoms with Gasteiger partial charge in [0.1, 0.15) is 30.0 Å². The van der Waals surface area contributed by atoms with Crippen LogP contribution in [0.4, 0.5) is 0 Å². The summed E-state index contributed by atoms with van der Waals surface area (Å²) in [5.41, 5.74) is 4.81. The fraction of sp³-hybridized carbons (Fsp3) is 0.667. The van der Waals surface area contributed by atoms with Crippen molar-refractivity contribution in [1.82, 2.24) is 0 Å². The standard InChI is InChI=1S/C54H86O16/c1-34(16-10-13-19-46(58)43(31-55)52(64)65)24-39(6)27-42(9)30-51(63)69-48(21-15-12-18-36(3)23-38(5)26-41(8)29-50(61)62)45(33-57)54(68)70-47(44(32-56)53(66)67)20-14-11-17-35(2)22-37(4)25-40(7)28-49(59)60/h25-30,34-36,43-48,55-58H,10-24,31-33H2,1-9H3,(H,59,60)(H,61,62)(H,64,65)(H,66,67). The smallest absolute Gasteiger partial charge is 0.331 e. The van der Waals surface area contributed by atoms with Gasteiger partial charge in [-0.25, -0.2) is 14.4 Å². The zero-order chi connectivity index (χ0) is 53.5. The first-order valence-corrected chi connectivity index (χ1v) is 24.7. The number of carbonyl (C=O) groups excluding carboxylic acids is 2. The molecule has 0 saturated heterocycles. The van der Waals surface area contributed by atoms with Crippen LogP contribution in [0.3, 0.4) is 0 Å². The van der Waals surface area contributed by atoms with Crippen LogP contribution in [0, 0.1) is 35.5 Å². The number of rotatable bonds is 38. The highest BCUT2D eigenvalue weighted by molar-refractivity contribution is 5.84. The van der Waals surface area contributed by atoms with Gasteiger partial charge >= 0.3 is 35.8 Å². The number of hydrogen-bond acceptors (Lipinski definition) is 12. The molecule has 0 spiro atoms. The second kappa shape index (κ2) is 36.1. The van der Waals surface area contributed by atoms with Crippen LogP contribution in [0.2, 0.25) is 0 Å². The van der Waals surface area contributed by atoms with Gasteiger partial charge < -0.3 is 50.3 Å². The van der Waals surface area contributed by atoms with Gasteiger partial charge in [-0.1, -0.05) is 101 Å².